The number of rotatable bonds is 2. The first kappa shape index (κ1) is 31.4. The number of pyridine rings is 2. The number of anilines is 6. The van der Waals surface area contributed by atoms with E-state index in [1.165, 1.54) is 99.1 Å². The first-order valence-corrected chi connectivity index (χ1v) is 19.1. The minimum atomic E-state index is -0.00966. The lowest BCUT2D eigenvalue weighted by Gasteiger charge is -2.49. The first-order valence-electron chi connectivity index (χ1n) is 19.1. The molecule has 0 fully saturated rings. The Bertz CT molecular complexity index is 2750. The highest BCUT2D eigenvalue weighted by atomic mass is 15.3. The van der Waals surface area contributed by atoms with E-state index in [1.807, 2.05) is 12.4 Å². The molecule has 6 aromatic carbocycles. The molecule has 6 heteroatoms. The van der Waals surface area contributed by atoms with Gasteiger partial charge in [-0.05, 0) is 109 Å². The Hall–Kier alpha value is -6.13. The van der Waals surface area contributed by atoms with Crippen molar-refractivity contribution < 1.29 is 0 Å². The molecule has 4 nitrogen and oxygen atoms in total. The van der Waals surface area contributed by atoms with Crippen LogP contribution in [0.3, 0.4) is 0 Å². The van der Waals surface area contributed by atoms with Crippen molar-refractivity contribution in [2.75, 3.05) is 9.80 Å². The predicted molar refractivity (Wildman–Crippen MR) is 231 cm³/mol. The SMILES string of the molecule is Cc1ccc(B2c3c(C)ccnc3N3c4cc5ccccc5c5c4N(c4cc6ccccc6c2c43)c2nccc(C)c2B5c2ccc(C)cc2C)c(C)c1. The smallest absolute Gasteiger partial charge is 0.250 e. The van der Waals surface area contributed by atoms with Gasteiger partial charge in [0.15, 0.2) is 0 Å². The van der Waals surface area contributed by atoms with Crippen molar-refractivity contribution >= 4 is 102 Å². The summed E-state index contributed by atoms with van der Waals surface area (Å²) in [4.78, 5) is 15.7. The van der Waals surface area contributed by atoms with E-state index < -0.39 is 0 Å². The zero-order valence-electron chi connectivity index (χ0n) is 31.5. The van der Waals surface area contributed by atoms with Crippen LogP contribution in [0.15, 0.2) is 122 Å². The molecule has 0 atom stereocenters. The van der Waals surface area contributed by atoms with E-state index in [9.17, 15) is 0 Å². The van der Waals surface area contributed by atoms with Crippen LogP contribution in [0.4, 0.5) is 34.4 Å². The molecular formula is C48H38B2N4. The molecule has 3 aliphatic heterocycles. The summed E-state index contributed by atoms with van der Waals surface area (Å²) in [6, 6.07) is 41.1. The van der Waals surface area contributed by atoms with Gasteiger partial charge in [-0.2, -0.15) is 0 Å². The van der Waals surface area contributed by atoms with Gasteiger partial charge in [0, 0.05) is 12.4 Å². The second-order valence-corrected chi connectivity index (χ2v) is 15.7. The number of aryl methyl sites for hydroxylation is 6. The van der Waals surface area contributed by atoms with Gasteiger partial charge in [0.2, 0.25) is 13.4 Å². The van der Waals surface area contributed by atoms with Crippen LogP contribution in [0.1, 0.15) is 33.4 Å². The van der Waals surface area contributed by atoms with Crippen molar-refractivity contribution in [3.05, 3.63) is 155 Å². The summed E-state index contributed by atoms with van der Waals surface area (Å²) < 4.78 is 0. The third kappa shape index (κ3) is 4.11. The highest BCUT2D eigenvalue weighted by Crippen LogP contribution is 2.56. The maximum atomic E-state index is 5.34. The van der Waals surface area contributed by atoms with Crippen LogP contribution in [0.5, 0.6) is 0 Å². The molecular weight excluding hydrogens is 654 g/mol. The molecule has 2 aromatic heterocycles. The number of hydrogen-bond acceptors (Lipinski definition) is 4. The van der Waals surface area contributed by atoms with Crippen molar-refractivity contribution in [3.8, 4) is 0 Å². The van der Waals surface area contributed by atoms with E-state index in [0.717, 1.165) is 23.0 Å². The zero-order chi connectivity index (χ0) is 36.6. The van der Waals surface area contributed by atoms with Gasteiger partial charge >= 0.3 is 0 Å². The van der Waals surface area contributed by atoms with Crippen LogP contribution >= 0.6 is 0 Å². The molecule has 11 rings (SSSR count). The number of benzene rings is 6. The van der Waals surface area contributed by atoms with Gasteiger partial charge in [-0.3, -0.25) is 9.80 Å². The van der Waals surface area contributed by atoms with E-state index in [-0.39, 0.29) is 13.4 Å². The Balaban J connectivity index is 1.36. The molecule has 0 saturated heterocycles. The average Bonchev–Trinajstić information content (AvgIpc) is 3.16. The molecule has 0 radical (unpaired) electrons. The van der Waals surface area contributed by atoms with E-state index in [1.54, 1.807) is 0 Å². The first-order chi connectivity index (χ1) is 26.3. The van der Waals surface area contributed by atoms with Gasteiger partial charge in [0.05, 0.1) is 22.7 Å². The van der Waals surface area contributed by atoms with E-state index >= 15 is 0 Å². The van der Waals surface area contributed by atoms with Gasteiger partial charge in [-0.25, -0.2) is 9.97 Å². The van der Waals surface area contributed by atoms with E-state index in [4.69, 9.17) is 9.97 Å². The highest BCUT2D eigenvalue weighted by Gasteiger charge is 2.49. The van der Waals surface area contributed by atoms with Crippen LogP contribution in [-0.2, 0) is 0 Å². The second kappa shape index (κ2) is 11.2. The molecule has 8 aromatic rings. The molecule has 0 N–H and O–H groups in total. The predicted octanol–water partition coefficient (Wildman–Crippen LogP) is 7.55. The van der Waals surface area contributed by atoms with Crippen molar-refractivity contribution in [3.63, 3.8) is 0 Å². The maximum absolute atomic E-state index is 5.34. The molecule has 0 bridgehead atoms. The monoisotopic (exact) mass is 692 g/mol. The quantitative estimate of drug-likeness (QED) is 0.175. The third-order valence-electron chi connectivity index (χ3n) is 12.4. The van der Waals surface area contributed by atoms with Crippen molar-refractivity contribution in [2.45, 2.75) is 41.5 Å². The van der Waals surface area contributed by atoms with Gasteiger partial charge < -0.3 is 0 Å². The highest BCUT2D eigenvalue weighted by molar-refractivity contribution is 7.01. The fraction of sp³-hybridized carbons (Fsp3) is 0.125. The molecule has 256 valence electrons. The molecule has 3 aliphatic rings. The second-order valence-electron chi connectivity index (χ2n) is 15.7. The Morgan fingerprint density at radius 2 is 0.852 bits per heavy atom. The Morgan fingerprint density at radius 3 is 1.28 bits per heavy atom. The molecule has 0 spiro atoms. The number of nitrogens with zero attached hydrogens (tertiary/aromatic N) is 4. The maximum Gasteiger partial charge on any atom is 0.250 e. The summed E-state index contributed by atoms with van der Waals surface area (Å²) >= 11 is 0. The van der Waals surface area contributed by atoms with Crippen LogP contribution in [-0.4, -0.2) is 23.4 Å². The lowest BCUT2D eigenvalue weighted by Crippen LogP contribution is -2.62. The normalized spacial score (nSPS) is 13.6. The topological polar surface area (TPSA) is 32.3 Å². The summed E-state index contributed by atoms with van der Waals surface area (Å²) in [5.41, 5.74) is 20.1. The van der Waals surface area contributed by atoms with Crippen molar-refractivity contribution in [1.29, 1.82) is 0 Å². The summed E-state index contributed by atoms with van der Waals surface area (Å²) in [5, 5.41) is 4.99. The number of fused-ring (bicyclic) bond motifs is 10. The molecule has 0 unspecified atom stereocenters. The Kier molecular flexibility index (Phi) is 6.51. The van der Waals surface area contributed by atoms with Crippen LogP contribution in [0.2, 0.25) is 0 Å². The number of hydrogen-bond donors (Lipinski definition) is 0. The van der Waals surface area contributed by atoms with E-state index in [2.05, 4.69) is 161 Å². The molecule has 0 aliphatic carbocycles. The summed E-state index contributed by atoms with van der Waals surface area (Å²) in [6.07, 6.45) is 4.00. The molecule has 5 heterocycles. The lowest BCUT2D eigenvalue weighted by molar-refractivity contribution is 1.11. The summed E-state index contributed by atoms with van der Waals surface area (Å²) in [7, 11) is 0. The minimum Gasteiger partial charge on any atom is -0.292 e. The van der Waals surface area contributed by atoms with Gasteiger partial charge in [-0.1, -0.05) is 129 Å². The van der Waals surface area contributed by atoms with Crippen molar-refractivity contribution in [2.24, 2.45) is 0 Å². The zero-order valence-corrected chi connectivity index (χ0v) is 31.5. The van der Waals surface area contributed by atoms with E-state index in [0.29, 0.717) is 0 Å². The standard InChI is InChI=1S/C48H38B2N4/c1-27-15-17-37(31(5)23-27)49-41-29(3)19-21-51-47(41)53-40-26-34-12-8-10-14-36(34)44-46(40)54(39-25-33-11-7-9-13-35(33)43(49)45(39)53)48-42(30(4)20-22-52-48)50(44)38-18-16-28(2)24-32(38)6/h7-26H,1-6H3. The Labute approximate surface area is 317 Å². The minimum absolute atomic E-state index is 0.00966. The van der Waals surface area contributed by atoms with Gasteiger partial charge in [0.25, 0.3) is 0 Å². The fourth-order valence-corrected chi connectivity index (χ4v) is 10.2. The lowest BCUT2D eigenvalue weighted by atomic mass is 9.32. The Morgan fingerprint density at radius 1 is 0.426 bits per heavy atom. The summed E-state index contributed by atoms with van der Waals surface area (Å²) in [5.74, 6) is 2.01. The van der Waals surface area contributed by atoms with Gasteiger partial charge in [-0.15, -0.1) is 0 Å². The van der Waals surface area contributed by atoms with Crippen LogP contribution in [0.25, 0.3) is 21.5 Å². The van der Waals surface area contributed by atoms with Crippen molar-refractivity contribution in [1.82, 2.24) is 9.97 Å². The molecule has 54 heavy (non-hydrogen) atoms. The van der Waals surface area contributed by atoms with Crippen LogP contribution < -0.4 is 42.6 Å². The average molecular weight is 692 g/mol. The number of aromatic nitrogens is 2. The summed E-state index contributed by atoms with van der Waals surface area (Å²) in [6.45, 7) is 13.4. The van der Waals surface area contributed by atoms with Gasteiger partial charge in [0.1, 0.15) is 11.6 Å². The fourth-order valence-electron chi connectivity index (χ4n) is 10.2. The largest absolute Gasteiger partial charge is 0.292 e. The third-order valence-corrected chi connectivity index (χ3v) is 12.4. The molecule has 0 saturated carbocycles. The van der Waals surface area contributed by atoms with Crippen LogP contribution in [0, 0.1) is 41.5 Å². The molecule has 0 amide bonds.